The van der Waals surface area contributed by atoms with Gasteiger partial charge < -0.3 is 14.3 Å². The normalized spacial score (nSPS) is 13.4. The van der Waals surface area contributed by atoms with Gasteiger partial charge in [-0.25, -0.2) is 0 Å². The maximum Gasteiger partial charge on any atom is 0.307 e. The van der Waals surface area contributed by atoms with Crippen molar-refractivity contribution in [3.63, 3.8) is 0 Å². The van der Waals surface area contributed by atoms with Crippen LogP contribution in [-0.2, 0) is 18.8 Å². The smallest absolute Gasteiger partial charge is 0.307 e. The molecule has 0 amide bonds. The van der Waals surface area contributed by atoms with Crippen molar-refractivity contribution in [3.05, 3.63) is 60.7 Å². The van der Waals surface area contributed by atoms with Gasteiger partial charge in [0.15, 0.2) is 0 Å². The lowest BCUT2D eigenvalue weighted by atomic mass is 10.0. The molecule has 174 valence electrons. The second-order valence-electron chi connectivity index (χ2n) is 10.1. The second kappa shape index (κ2) is 10.4. The van der Waals surface area contributed by atoms with Crippen LogP contribution in [0.4, 0.5) is 0 Å². The molecule has 0 fully saturated rings. The van der Waals surface area contributed by atoms with Crippen LogP contribution in [0.5, 0.6) is 0 Å². The number of carboxylic acid groups (broad SMARTS) is 1. The summed E-state index contributed by atoms with van der Waals surface area (Å²) in [5.74, 6) is -2.37. The average Bonchev–Trinajstić information content (AvgIpc) is 2.69. The molecule has 6 heteroatoms. The van der Waals surface area contributed by atoms with Gasteiger partial charge in [0, 0.05) is 6.61 Å². The summed E-state index contributed by atoms with van der Waals surface area (Å²) < 4.78 is 12.1. The molecule has 0 spiro atoms. The molecule has 0 aliphatic heterocycles. The summed E-state index contributed by atoms with van der Waals surface area (Å²) in [5.41, 5.74) is -0.647. The van der Waals surface area contributed by atoms with E-state index in [0.29, 0.717) is 0 Å². The van der Waals surface area contributed by atoms with Crippen molar-refractivity contribution in [2.24, 2.45) is 5.92 Å². The van der Waals surface area contributed by atoms with E-state index >= 15 is 0 Å². The Labute approximate surface area is 192 Å². The molecule has 2 aromatic carbocycles. The Hall–Kier alpha value is -2.44. The van der Waals surface area contributed by atoms with Gasteiger partial charge in [0.25, 0.3) is 8.32 Å². The van der Waals surface area contributed by atoms with Crippen LogP contribution < -0.4 is 10.4 Å². The number of carbonyl (C=O) groups excluding carboxylic acids is 1. The van der Waals surface area contributed by atoms with Crippen LogP contribution in [0.15, 0.2) is 60.7 Å². The highest BCUT2D eigenvalue weighted by atomic mass is 28.4. The average molecular weight is 457 g/mol. The van der Waals surface area contributed by atoms with Crippen LogP contribution >= 0.6 is 0 Å². The van der Waals surface area contributed by atoms with Gasteiger partial charge in [-0.05, 0) is 42.6 Å². The lowest BCUT2D eigenvalue weighted by molar-refractivity contribution is -0.160. The SMILES string of the molecule is CC(C)(C)OC(=O)C[C@H](CCO[Si](c1ccccc1)(c1ccccc1)C(C)(C)C)C(=O)O. The Morgan fingerprint density at radius 1 is 0.875 bits per heavy atom. The summed E-state index contributed by atoms with van der Waals surface area (Å²) >= 11 is 0. The maximum absolute atomic E-state index is 12.2. The topological polar surface area (TPSA) is 72.8 Å². The molecule has 0 unspecified atom stereocenters. The predicted octanol–water partition coefficient (Wildman–Crippen LogP) is 4.39. The highest BCUT2D eigenvalue weighted by molar-refractivity contribution is 6.99. The van der Waals surface area contributed by atoms with Crippen molar-refractivity contribution < 1.29 is 23.9 Å². The molecule has 1 atom stereocenters. The zero-order valence-electron chi connectivity index (χ0n) is 20.1. The third-order valence-electron chi connectivity index (χ3n) is 5.38. The fourth-order valence-electron chi connectivity index (χ4n) is 4.01. The van der Waals surface area contributed by atoms with Gasteiger partial charge >= 0.3 is 11.9 Å². The van der Waals surface area contributed by atoms with E-state index in [0.717, 1.165) is 10.4 Å². The Bertz CT molecular complexity index is 842. The van der Waals surface area contributed by atoms with Gasteiger partial charge in [-0.1, -0.05) is 81.4 Å². The molecule has 1 N–H and O–H groups in total. The molecule has 0 aromatic heterocycles. The Morgan fingerprint density at radius 3 is 1.72 bits per heavy atom. The minimum absolute atomic E-state index is 0.170. The predicted molar refractivity (Wildman–Crippen MR) is 130 cm³/mol. The first-order valence-electron chi connectivity index (χ1n) is 11.1. The lowest BCUT2D eigenvalue weighted by Gasteiger charge is -2.43. The quantitative estimate of drug-likeness (QED) is 0.448. The molecule has 2 rings (SSSR count). The Morgan fingerprint density at radius 2 is 1.34 bits per heavy atom. The van der Waals surface area contributed by atoms with Crippen LogP contribution in [0.1, 0.15) is 54.4 Å². The number of hydrogen-bond acceptors (Lipinski definition) is 4. The van der Waals surface area contributed by atoms with Gasteiger partial charge in [0.1, 0.15) is 5.60 Å². The molecule has 5 nitrogen and oxygen atoms in total. The summed E-state index contributed by atoms with van der Waals surface area (Å²) in [6.45, 7) is 12.1. The van der Waals surface area contributed by atoms with Crippen LogP contribution in [-0.4, -0.2) is 37.6 Å². The van der Waals surface area contributed by atoms with Crippen LogP contribution in [0, 0.1) is 5.92 Å². The number of carbonyl (C=O) groups is 2. The summed E-state index contributed by atoms with van der Waals surface area (Å²) in [5, 5.41) is 11.8. The van der Waals surface area contributed by atoms with Gasteiger partial charge in [0.2, 0.25) is 0 Å². The molecule has 0 heterocycles. The lowest BCUT2D eigenvalue weighted by Crippen LogP contribution is -2.66. The number of hydrogen-bond donors (Lipinski definition) is 1. The van der Waals surface area contributed by atoms with E-state index in [-0.39, 0.29) is 24.5 Å². The van der Waals surface area contributed by atoms with Gasteiger partial charge in [-0.3, -0.25) is 9.59 Å². The molecule has 0 saturated heterocycles. The Kier molecular flexibility index (Phi) is 8.43. The first-order chi connectivity index (χ1) is 14.9. The highest BCUT2D eigenvalue weighted by Gasteiger charge is 2.50. The molecule has 32 heavy (non-hydrogen) atoms. The fraction of sp³-hybridized carbons (Fsp3) is 0.462. The minimum atomic E-state index is -2.74. The molecule has 0 radical (unpaired) electrons. The minimum Gasteiger partial charge on any atom is -0.481 e. The number of carboxylic acids is 1. The van der Waals surface area contributed by atoms with E-state index in [1.54, 1.807) is 20.8 Å². The van der Waals surface area contributed by atoms with Crippen molar-refractivity contribution in [2.45, 2.75) is 65.0 Å². The monoisotopic (exact) mass is 456 g/mol. The Balaban J connectivity index is 2.31. The van der Waals surface area contributed by atoms with E-state index in [2.05, 4.69) is 45.0 Å². The molecular formula is C26H36O5Si. The summed E-state index contributed by atoms with van der Waals surface area (Å²) in [6, 6.07) is 20.4. The van der Waals surface area contributed by atoms with Crippen LogP contribution in [0.25, 0.3) is 0 Å². The van der Waals surface area contributed by atoms with Crippen LogP contribution in [0.3, 0.4) is 0 Å². The van der Waals surface area contributed by atoms with E-state index in [1.807, 2.05) is 36.4 Å². The number of aliphatic carboxylic acids is 1. The van der Waals surface area contributed by atoms with E-state index < -0.39 is 31.8 Å². The fourth-order valence-corrected chi connectivity index (χ4v) is 8.59. The molecule has 0 bridgehead atoms. The van der Waals surface area contributed by atoms with Crippen molar-refractivity contribution in [2.75, 3.05) is 6.61 Å². The van der Waals surface area contributed by atoms with Crippen molar-refractivity contribution in [1.29, 1.82) is 0 Å². The molecule has 2 aromatic rings. The van der Waals surface area contributed by atoms with Gasteiger partial charge in [-0.15, -0.1) is 0 Å². The van der Waals surface area contributed by atoms with Crippen LogP contribution in [0.2, 0.25) is 5.04 Å². The van der Waals surface area contributed by atoms with Gasteiger partial charge in [-0.2, -0.15) is 0 Å². The van der Waals surface area contributed by atoms with Crippen molar-refractivity contribution in [3.8, 4) is 0 Å². The van der Waals surface area contributed by atoms with E-state index in [9.17, 15) is 14.7 Å². The molecular weight excluding hydrogens is 420 g/mol. The summed E-state index contributed by atoms with van der Waals surface area (Å²) in [4.78, 5) is 24.1. The first kappa shape index (κ1) is 25.8. The van der Waals surface area contributed by atoms with Crippen molar-refractivity contribution >= 4 is 30.6 Å². The first-order valence-corrected chi connectivity index (χ1v) is 13.0. The number of ether oxygens (including phenoxy) is 1. The van der Waals surface area contributed by atoms with E-state index in [1.165, 1.54) is 0 Å². The molecule has 0 aliphatic rings. The third-order valence-corrected chi connectivity index (χ3v) is 10.4. The second-order valence-corrected chi connectivity index (χ2v) is 14.4. The number of esters is 1. The van der Waals surface area contributed by atoms with Crippen molar-refractivity contribution in [1.82, 2.24) is 0 Å². The largest absolute Gasteiger partial charge is 0.481 e. The zero-order valence-corrected chi connectivity index (χ0v) is 21.1. The maximum atomic E-state index is 12.2. The summed E-state index contributed by atoms with van der Waals surface area (Å²) in [6.07, 6.45) is 0.0653. The highest BCUT2D eigenvalue weighted by Crippen LogP contribution is 2.37. The van der Waals surface area contributed by atoms with Gasteiger partial charge in [0.05, 0.1) is 12.3 Å². The standard InChI is InChI=1S/C26H36O5Si/c1-25(2,3)31-23(27)19-20(24(28)29)17-18-30-32(26(4,5)6,21-13-9-7-10-14-21)22-15-11-8-12-16-22/h7-16,20H,17-19H2,1-6H3,(H,28,29)/t20-/m0/s1. The number of rotatable bonds is 9. The van der Waals surface area contributed by atoms with E-state index in [4.69, 9.17) is 9.16 Å². The number of benzene rings is 2. The third kappa shape index (κ3) is 6.53. The zero-order chi connectivity index (χ0) is 24.0. The summed E-state index contributed by atoms with van der Waals surface area (Å²) in [7, 11) is -2.74. The molecule has 0 aliphatic carbocycles. The molecule has 0 saturated carbocycles.